The largest absolute Gasteiger partial charge is 0.481 e. The van der Waals surface area contributed by atoms with E-state index in [0.717, 1.165) is 5.56 Å². The smallest absolute Gasteiger partial charge is 0.306 e. The molecule has 0 spiro atoms. The maximum atomic E-state index is 13.6. The zero-order valence-electron chi connectivity index (χ0n) is 8.55. The SMILES string of the molecule is Cc1cc(Br)c(F)c(CC(C)C(=O)O)c1. The van der Waals surface area contributed by atoms with E-state index in [1.165, 1.54) is 0 Å². The highest BCUT2D eigenvalue weighted by Crippen LogP contribution is 2.23. The van der Waals surface area contributed by atoms with Crippen molar-refractivity contribution < 1.29 is 14.3 Å². The number of hydrogen-bond acceptors (Lipinski definition) is 1. The van der Waals surface area contributed by atoms with Gasteiger partial charge >= 0.3 is 5.97 Å². The Morgan fingerprint density at radius 2 is 2.20 bits per heavy atom. The molecule has 2 nitrogen and oxygen atoms in total. The molecule has 0 heterocycles. The Bertz CT molecular complexity index is 390. The molecule has 0 amide bonds. The summed E-state index contributed by atoms with van der Waals surface area (Å²) < 4.78 is 13.9. The van der Waals surface area contributed by atoms with Gasteiger partial charge in [-0.25, -0.2) is 4.39 Å². The van der Waals surface area contributed by atoms with Gasteiger partial charge in [0.2, 0.25) is 0 Å². The average molecular weight is 275 g/mol. The molecule has 0 radical (unpaired) electrons. The molecule has 0 aliphatic rings. The molecule has 0 aliphatic carbocycles. The minimum Gasteiger partial charge on any atom is -0.481 e. The van der Waals surface area contributed by atoms with Gasteiger partial charge in [0.15, 0.2) is 0 Å². The molecule has 1 N–H and O–H groups in total. The second-order valence-corrected chi connectivity index (χ2v) is 4.52. The molecular formula is C11H12BrFO2. The second-order valence-electron chi connectivity index (χ2n) is 3.66. The first-order valence-electron chi connectivity index (χ1n) is 4.59. The molecule has 0 fully saturated rings. The first-order valence-corrected chi connectivity index (χ1v) is 5.38. The third-order valence-electron chi connectivity index (χ3n) is 2.20. The van der Waals surface area contributed by atoms with Crippen LogP contribution in [0.5, 0.6) is 0 Å². The van der Waals surface area contributed by atoms with Crippen LogP contribution in [0.25, 0.3) is 0 Å². The summed E-state index contributed by atoms with van der Waals surface area (Å²) in [5.41, 5.74) is 1.35. The van der Waals surface area contributed by atoms with Crippen molar-refractivity contribution in [3.8, 4) is 0 Å². The van der Waals surface area contributed by atoms with E-state index in [0.29, 0.717) is 10.0 Å². The highest BCUT2D eigenvalue weighted by Gasteiger charge is 2.15. The third kappa shape index (κ3) is 3.02. The highest BCUT2D eigenvalue weighted by molar-refractivity contribution is 9.10. The minimum absolute atomic E-state index is 0.210. The molecule has 0 aromatic heterocycles. The van der Waals surface area contributed by atoms with Crippen LogP contribution in [-0.4, -0.2) is 11.1 Å². The number of aryl methyl sites for hydroxylation is 1. The summed E-state index contributed by atoms with van der Waals surface area (Å²) in [6.07, 6.45) is 0.210. The van der Waals surface area contributed by atoms with Gasteiger partial charge in [-0.05, 0) is 46.5 Å². The lowest BCUT2D eigenvalue weighted by Gasteiger charge is -2.09. The van der Waals surface area contributed by atoms with E-state index in [-0.39, 0.29) is 12.2 Å². The molecule has 82 valence electrons. The van der Waals surface area contributed by atoms with Crippen LogP contribution in [0.2, 0.25) is 0 Å². The second kappa shape index (κ2) is 4.75. The van der Waals surface area contributed by atoms with Crippen LogP contribution in [0.3, 0.4) is 0 Å². The lowest BCUT2D eigenvalue weighted by Crippen LogP contribution is -2.13. The fourth-order valence-electron chi connectivity index (χ4n) is 1.36. The van der Waals surface area contributed by atoms with E-state index in [1.807, 2.05) is 6.92 Å². The van der Waals surface area contributed by atoms with E-state index in [4.69, 9.17) is 5.11 Å². The van der Waals surface area contributed by atoms with Crippen LogP contribution in [0.1, 0.15) is 18.1 Å². The van der Waals surface area contributed by atoms with Crippen LogP contribution in [0, 0.1) is 18.7 Å². The number of carboxylic acids is 1. The molecule has 15 heavy (non-hydrogen) atoms. The van der Waals surface area contributed by atoms with Crippen molar-refractivity contribution in [3.05, 3.63) is 33.5 Å². The summed E-state index contributed by atoms with van der Waals surface area (Å²) in [5, 5.41) is 8.74. The van der Waals surface area contributed by atoms with Gasteiger partial charge < -0.3 is 5.11 Å². The van der Waals surface area contributed by atoms with Gasteiger partial charge in [0.25, 0.3) is 0 Å². The van der Waals surface area contributed by atoms with Crippen molar-refractivity contribution in [3.63, 3.8) is 0 Å². The summed E-state index contributed by atoms with van der Waals surface area (Å²) in [4.78, 5) is 10.7. The summed E-state index contributed by atoms with van der Waals surface area (Å²) >= 11 is 3.10. The summed E-state index contributed by atoms with van der Waals surface area (Å²) in [7, 11) is 0. The minimum atomic E-state index is -0.910. The molecule has 1 aromatic rings. The number of rotatable bonds is 3. The zero-order valence-corrected chi connectivity index (χ0v) is 10.1. The monoisotopic (exact) mass is 274 g/mol. The Hall–Kier alpha value is -0.900. The molecule has 0 saturated heterocycles. The molecule has 1 unspecified atom stereocenters. The van der Waals surface area contributed by atoms with Gasteiger partial charge in [-0.15, -0.1) is 0 Å². The van der Waals surface area contributed by atoms with Crippen molar-refractivity contribution in [2.75, 3.05) is 0 Å². The zero-order chi connectivity index (χ0) is 11.6. The van der Waals surface area contributed by atoms with E-state index >= 15 is 0 Å². The first kappa shape index (κ1) is 12.2. The van der Waals surface area contributed by atoms with Crippen molar-refractivity contribution in [2.24, 2.45) is 5.92 Å². The molecule has 4 heteroatoms. The molecule has 1 aromatic carbocycles. The van der Waals surface area contributed by atoms with Gasteiger partial charge in [-0.3, -0.25) is 4.79 Å². The van der Waals surface area contributed by atoms with Crippen molar-refractivity contribution in [1.29, 1.82) is 0 Å². The number of halogens is 2. The lowest BCUT2D eigenvalue weighted by molar-refractivity contribution is -0.141. The maximum Gasteiger partial charge on any atom is 0.306 e. The van der Waals surface area contributed by atoms with E-state index in [2.05, 4.69) is 15.9 Å². The molecule has 0 aliphatic heterocycles. The maximum absolute atomic E-state index is 13.6. The van der Waals surface area contributed by atoms with E-state index < -0.39 is 11.9 Å². The van der Waals surface area contributed by atoms with E-state index in [9.17, 15) is 9.18 Å². The Kier molecular flexibility index (Phi) is 3.85. The number of carboxylic acid groups (broad SMARTS) is 1. The molecule has 1 atom stereocenters. The first-order chi connectivity index (χ1) is 6.91. The molecule has 0 saturated carbocycles. The number of benzene rings is 1. The highest BCUT2D eigenvalue weighted by atomic mass is 79.9. The topological polar surface area (TPSA) is 37.3 Å². The molecule has 1 rings (SSSR count). The van der Waals surface area contributed by atoms with Gasteiger partial charge in [0.1, 0.15) is 5.82 Å². The van der Waals surface area contributed by atoms with Crippen LogP contribution in [0.15, 0.2) is 16.6 Å². The summed E-state index contributed by atoms with van der Waals surface area (Å²) in [6.45, 7) is 3.41. The summed E-state index contributed by atoms with van der Waals surface area (Å²) in [6, 6.07) is 3.35. The average Bonchev–Trinajstić information content (AvgIpc) is 2.13. The van der Waals surface area contributed by atoms with Crippen LogP contribution in [0.4, 0.5) is 4.39 Å². The molecular weight excluding hydrogens is 263 g/mol. The van der Waals surface area contributed by atoms with Gasteiger partial charge in [0, 0.05) is 0 Å². The fraction of sp³-hybridized carbons (Fsp3) is 0.364. The summed E-state index contributed by atoms with van der Waals surface area (Å²) in [5.74, 6) is -1.85. The normalized spacial score (nSPS) is 12.5. The number of carbonyl (C=O) groups is 1. The van der Waals surface area contributed by atoms with Crippen molar-refractivity contribution >= 4 is 21.9 Å². The Morgan fingerprint density at radius 1 is 1.60 bits per heavy atom. The Balaban J connectivity index is 2.99. The van der Waals surface area contributed by atoms with Crippen molar-refractivity contribution in [2.45, 2.75) is 20.3 Å². The predicted molar refractivity (Wildman–Crippen MR) is 59.3 cm³/mol. The standard InChI is InChI=1S/C11H12BrFO2/c1-6-3-8(5-7(2)11(14)15)10(13)9(12)4-6/h3-4,7H,5H2,1-2H3,(H,14,15). The van der Waals surface area contributed by atoms with Crippen molar-refractivity contribution in [1.82, 2.24) is 0 Å². The fourth-order valence-corrected chi connectivity index (χ4v) is 1.98. The van der Waals surface area contributed by atoms with Crippen LogP contribution in [-0.2, 0) is 11.2 Å². The van der Waals surface area contributed by atoms with Crippen LogP contribution >= 0.6 is 15.9 Å². The Labute approximate surface area is 96.2 Å². The third-order valence-corrected chi connectivity index (χ3v) is 2.77. The van der Waals surface area contributed by atoms with Gasteiger partial charge in [-0.1, -0.05) is 13.0 Å². The number of aliphatic carboxylic acids is 1. The van der Waals surface area contributed by atoms with Crippen LogP contribution < -0.4 is 0 Å². The van der Waals surface area contributed by atoms with Gasteiger partial charge in [-0.2, -0.15) is 0 Å². The van der Waals surface area contributed by atoms with E-state index in [1.54, 1.807) is 19.1 Å². The Morgan fingerprint density at radius 3 is 2.73 bits per heavy atom. The lowest BCUT2D eigenvalue weighted by atomic mass is 9.99. The number of hydrogen-bond donors (Lipinski definition) is 1. The molecule has 0 bridgehead atoms. The predicted octanol–water partition coefficient (Wildman–Crippen LogP) is 3.16. The van der Waals surface area contributed by atoms with Gasteiger partial charge in [0.05, 0.1) is 10.4 Å². The quantitative estimate of drug-likeness (QED) is 0.920.